The number of unbranched alkanes of at least 4 members (excludes halogenated alkanes) is 1. The third-order valence-corrected chi connectivity index (χ3v) is 4.36. The monoisotopic (exact) mass is 388 g/mol. The molecule has 8 N–H and O–H groups in total. The molecule has 0 bridgehead atoms. The molecule has 156 valence electrons. The van der Waals surface area contributed by atoms with Gasteiger partial charge < -0.3 is 32.3 Å². The summed E-state index contributed by atoms with van der Waals surface area (Å²) in [6, 6.07) is -3.11. The van der Waals surface area contributed by atoms with Crippen molar-refractivity contribution in [1.29, 1.82) is 0 Å². The predicted molar refractivity (Wildman–Crippen MR) is 98.7 cm³/mol. The van der Waals surface area contributed by atoms with Crippen molar-refractivity contribution in [2.75, 3.05) is 6.54 Å². The van der Waals surface area contributed by atoms with E-state index in [9.17, 15) is 24.3 Å². The van der Waals surface area contributed by atoms with Crippen LogP contribution in [0.5, 0.6) is 0 Å². The van der Waals surface area contributed by atoms with Crippen LogP contribution in [0.2, 0.25) is 0 Å². The van der Waals surface area contributed by atoms with E-state index in [0.29, 0.717) is 25.8 Å². The van der Waals surface area contributed by atoms with E-state index in [1.165, 1.54) is 0 Å². The Hall–Kier alpha value is -2.20. The molecule has 10 heteroatoms. The SMILES string of the molecule is CCC(C)C(NC(=O)C(N)CCCCN)C(=O)NC(CCC(=O)O)C(=O)O. The van der Waals surface area contributed by atoms with Gasteiger partial charge in [0.2, 0.25) is 11.8 Å². The van der Waals surface area contributed by atoms with Crippen molar-refractivity contribution in [2.24, 2.45) is 17.4 Å². The Morgan fingerprint density at radius 3 is 2.11 bits per heavy atom. The first kappa shape index (κ1) is 24.8. The number of amides is 2. The molecular formula is C17H32N4O6. The van der Waals surface area contributed by atoms with Crippen LogP contribution in [0, 0.1) is 5.92 Å². The Morgan fingerprint density at radius 1 is 1.00 bits per heavy atom. The van der Waals surface area contributed by atoms with Crippen molar-refractivity contribution in [1.82, 2.24) is 10.6 Å². The molecule has 0 aromatic carbocycles. The van der Waals surface area contributed by atoms with Crippen molar-refractivity contribution in [3.8, 4) is 0 Å². The fraction of sp³-hybridized carbons (Fsp3) is 0.765. The number of nitrogens with one attached hydrogen (secondary N) is 2. The van der Waals surface area contributed by atoms with E-state index < -0.39 is 48.3 Å². The van der Waals surface area contributed by atoms with Crippen molar-refractivity contribution >= 4 is 23.8 Å². The summed E-state index contributed by atoms with van der Waals surface area (Å²) in [7, 11) is 0. The lowest BCUT2D eigenvalue weighted by Gasteiger charge is -2.26. The van der Waals surface area contributed by atoms with Gasteiger partial charge in [-0.3, -0.25) is 14.4 Å². The lowest BCUT2D eigenvalue weighted by Crippen LogP contribution is -2.56. The normalized spacial score (nSPS) is 15.3. The van der Waals surface area contributed by atoms with Gasteiger partial charge in [-0.05, 0) is 31.7 Å². The molecule has 0 aliphatic rings. The number of carboxylic acid groups (broad SMARTS) is 2. The third kappa shape index (κ3) is 9.90. The summed E-state index contributed by atoms with van der Waals surface area (Å²) in [5.74, 6) is -3.93. The molecule has 10 nitrogen and oxygen atoms in total. The number of aliphatic carboxylic acids is 2. The lowest BCUT2D eigenvalue weighted by atomic mass is 9.97. The second-order valence-electron chi connectivity index (χ2n) is 6.59. The standard InChI is InChI=1S/C17H32N4O6/c1-3-10(2)14(21-15(24)11(19)6-4-5-9-18)16(25)20-12(17(26)27)7-8-13(22)23/h10-12,14H,3-9,18-19H2,1-2H3,(H,20,25)(H,21,24)(H,22,23)(H,26,27). The second-order valence-corrected chi connectivity index (χ2v) is 6.59. The zero-order chi connectivity index (χ0) is 21.0. The van der Waals surface area contributed by atoms with Crippen LogP contribution in [-0.4, -0.2) is 58.6 Å². The Balaban J connectivity index is 4.99. The molecule has 27 heavy (non-hydrogen) atoms. The highest BCUT2D eigenvalue weighted by atomic mass is 16.4. The summed E-state index contributed by atoms with van der Waals surface area (Å²) in [5.41, 5.74) is 11.2. The van der Waals surface area contributed by atoms with E-state index in [2.05, 4.69) is 10.6 Å². The smallest absolute Gasteiger partial charge is 0.326 e. The van der Waals surface area contributed by atoms with Crippen LogP contribution in [0.4, 0.5) is 0 Å². The van der Waals surface area contributed by atoms with Gasteiger partial charge >= 0.3 is 11.9 Å². The first-order chi connectivity index (χ1) is 12.6. The summed E-state index contributed by atoms with van der Waals surface area (Å²) >= 11 is 0. The number of carboxylic acids is 2. The van der Waals surface area contributed by atoms with Gasteiger partial charge in [0.25, 0.3) is 0 Å². The molecule has 0 radical (unpaired) electrons. The van der Waals surface area contributed by atoms with Crippen LogP contribution in [-0.2, 0) is 19.2 Å². The molecule has 0 aromatic heterocycles. The van der Waals surface area contributed by atoms with E-state index in [0.717, 1.165) is 6.42 Å². The molecule has 0 heterocycles. The van der Waals surface area contributed by atoms with Crippen molar-refractivity contribution in [2.45, 2.75) is 70.5 Å². The highest BCUT2D eigenvalue weighted by Crippen LogP contribution is 2.10. The quantitative estimate of drug-likeness (QED) is 0.213. The Kier molecular flexibility index (Phi) is 12.0. The minimum atomic E-state index is -1.35. The molecule has 0 saturated heterocycles. The fourth-order valence-electron chi connectivity index (χ4n) is 2.39. The van der Waals surface area contributed by atoms with Crippen LogP contribution >= 0.6 is 0 Å². The van der Waals surface area contributed by atoms with Gasteiger partial charge in [-0.1, -0.05) is 26.7 Å². The highest BCUT2D eigenvalue weighted by Gasteiger charge is 2.31. The second kappa shape index (κ2) is 13.0. The van der Waals surface area contributed by atoms with E-state index in [1.807, 2.05) is 6.92 Å². The van der Waals surface area contributed by atoms with E-state index in [-0.39, 0.29) is 12.3 Å². The first-order valence-electron chi connectivity index (χ1n) is 9.14. The van der Waals surface area contributed by atoms with Gasteiger partial charge in [0.1, 0.15) is 12.1 Å². The van der Waals surface area contributed by atoms with Gasteiger partial charge in [0.05, 0.1) is 6.04 Å². The summed E-state index contributed by atoms with van der Waals surface area (Å²) in [6.07, 6.45) is 1.75. The number of rotatable bonds is 14. The van der Waals surface area contributed by atoms with Crippen molar-refractivity contribution in [3.63, 3.8) is 0 Å². The summed E-state index contributed by atoms with van der Waals surface area (Å²) in [5, 5.41) is 22.8. The molecule has 0 spiro atoms. The molecule has 4 atom stereocenters. The molecule has 0 saturated carbocycles. The number of hydrogen-bond donors (Lipinski definition) is 6. The molecule has 0 aliphatic carbocycles. The van der Waals surface area contributed by atoms with Crippen LogP contribution < -0.4 is 22.1 Å². The number of hydrogen-bond acceptors (Lipinski definition) is 6. The lowest BCUT2D eigenvalue weighted by molar-refractivity contribution is -0.143. The zero-order valence-corrected chi connectivity index (χ0v) is 15.9. The van der Waals surface area contributed by atoms with Gasteiger partial charge in [0.15, 0.2) is 0 Å². The Bertz CT molecular complexity index is 514. The van der Waals surface area contributed by atoms with Crippen molar-refractivity contribution < 1.29 is 29.4 Å². The Morgan fingerprint density at radius 2 is 1.63 bits per heavy atom. The predicted octanol–water partition coefficient (Wildman–Crippen LogP) is -0.592. The highest BCUT2D eigenvalue weighted by molar-refractivity contribution is 5.92. The molecule has 0 aliphatic heterocycles. The topological polar surface area (TPSA) is 185 Å². The molecular weight excluding hydrogens is 356 g/mol. The average Bonchev–Trinajstić information content (AvgIpc) is 2.61. The molecule has 4 unspecified atom stereocenters. The van der Waals surface area contributed by atoms with E-state index in [4.69, 9.17) is 16.6 Å². The minimum Gasteiger partial charge on any atom is -0.481 e. The maximum Gasteiger partial charge on any atom is 0.326 e. The minimum absolute atomic E-state index is 0.254. The number of carbonyl (C=O) groups excluding carboxylic acids is 2. The van der Waals surface area contributed by atoms with Crippen LogP contribution in [0.15, 0.2) is 0 Å². The average molecular weight is 388 g/mol. The van der Waals surface area contributed by atoms with Crippen molar-refractivity contribution in [3.05, 3.63) is 0 Å². The van der Waals surface area contributed by atoms with Gasteiger partial charge in [-0.2, -0.15) is 0 Å². The molecule has 0 rings (SSSR count). The van der Waals surface area contributed by atoms with Gasteiger partial charge in [-0.15, -0.1) is 0 Å². The van der Waals surface area contributed by atoms with Crippen LogP contribution in [0.3, 0.4) is 0 Å². The van der Waals surface area contributed by atoms with E-state index in [1.54, 1.807) is 6.92 Å². The maximum absolute atomic E-state index is 12.5. The van der Waals surface area contributed by atoms with Crippen LogP contribution in [0.25, 0.3) is 0 Å². The largest absolute Gasteiger partial charge is 0.481 e. The summed E-state index contributed by atoms with van der Waals surface area (Å²) in [6.45, 7) is 4.08. The first-order valence-corrected chi connectivity index (χ1v) is 9.14. The third-order valence-electron chi connectivity index (χ3n) is 4.36. The van der Waals surface area contributed by atoms with Gasteiger partial charge in [0, 0.05) is 6.42 Å². The Labute approximate surface area is 159 Å². The molecule has 2 amide bonds. The zero-order valence-electron chi connectivity index (χ0n) is 15.9. The number of nitrogens with two attached hydrogens (primary N) is 2. The summed E-state index contributed by atoms with van der Waals surface area (Å²) in [4.78, 5) is 46.7. The maximum atomic E-state index is 12.5. The molecule has 0 aromatic rings. The number of carbonyl (C=O) groups is 4. The van der Waals surface area contributed by atoms with E-state index >= 15 is 0 Å². The van der Waals surface area contributed by atoms with Crippen LogP contribution in [0.1, 0.15) is 52.4 Å². The fourth-order valence-corrected chi connectivity index (χ4v) is 2.39. The summed E-state index contributed by atoms with van der Waals surface area (Å²) < 4.78 is 0. The molecule has 0 fully saturated rings. The van der Waals surface area contributed by atoms with Gasteiger partial charge in [-0.25, -0.2) is 4.79 Å².